The van der Waals surface area contributed by atoms with Crippen molar-refractivity contribution in [1.29, 1.82) is 5.41 Å². The number of nitrogens with two attached hydrogens (primary N) is 1. The Kier molecular flexibility index (Phi) is 5.35. The molecule has 1 aromatic rings. The Morgan fingerprint density at radius 1 is 1.35 bits per heavy atom. The third kappa shape index (κ3) is 4.36. The van der Waals surface area contributed by atoms with E-state index in [1.54, 1.807) is 0 Å². The largest absolute Gasteiger partial charge is 0.475 e. The molecular weight excluding hydrogens is 218 g/mol. The fourth-order valence-electron chi connectivity index (χ4n) is 1.35. The SMILES string of the molecule is CCN(CC)CCOc1cnc(C(=N)N)cn1. The topological polar surface area (TPSA) is 88.1 Å². The molecule has 0 aliphatic carbocycles. The number of likely N-dealkylation sites (N-methyl/N-ethyl adjacent to an activating group) is 1. The lowest BCUT2D eigenvalue weighted by molar-refractivity contribution is 0.217. The van der Waals surface area contributed by atoms with Gasteiger partial charge < -0.3 is 15.4 Å². The van der Waals surface area contributed by atoms with Gasteiger partial charge in [0.25, 0.3) is 0 Å². The van der Waals surface area contributed by atoms with Crippen LogP contribution in [0.3, 0.4) is 0 Å². The van der Waals surface area contributed by atoms with Gasteiger partial charge in [0.1, 0.15) is 18.1 Å². The standard InChI is InChI=1S/C11H19N5O/c1-3-16(4-2)5-6-17-10-8-14-9(7-15-10)11(12)13/h7-8H,3-6H2,1-2H3,(H3,12,13). The molecule has 1 heterocycles. The van der Waals surface area contributed by atoms with Crippen molar-refractivity contribution in [3.8, 4) is 5.88 Å². The number of nitrogens with zero attached hydrogens (tertiary/aromatic N) is 3. The first-order chi connectivity index (χ1) is 8.17. The summed E-state index contributed by atoms with van der Waals surface area (Å²) in [5, 5.41) is 7.18. The van der Waals surface area contributed by atoms with Crippen LogP contribution in [0.2, 0.25) is 0 Å². The van der Waals surface area contributed by atoms with E-state index in [1.807, 2.05) is 0 Å². The second-order valence-electron chi connectivity index (χ2n) is 3.53. The van der Waals surface area contributed by atoms with Gasteiger partial charge in [-0.3, -0.25) is 5.41 Å². The molecule has 0 bridgehead atoms. The molecule has 0 spiro atoms. The third-order valence-corrected chi connectivity index (χ3v) is 2.46. The maximum absolute atomic E-state index is 7.18. The van der Waals surface area contributed by atoms with Crippen LogP contribution in [0.5, 0.6) is 5.88 Å². The third-order valence-electron chi connectivity index (χ3n) is 2.46. The molecule has 6 nitrogen and oxygen atoms in total. The molecule has 0 saturated heterocycles. The predicted octanol–water partition coefficient (Wildman–Crippen LogP) is 0.481. The minimum Gasteiger partial charge on any atom is -0.475 e. The maximum Gasteiger partial charge on any atom is 0.232 e. The average Bonchev–Trinajstić information content (AvgIpc) is 2.35. The lowest BCUT2D eigenvalue weighted by atomic mass is 10.4. The lowest BCUT2D eigenvalue weighted by Crippen LogP contribution is -2.28. The van der Waals surface area contributed by atoms with Gasteiger partial charge in [-0.15, -0.1) is 0 Å². The van der Waals surface area contributed by atoms with Gasteiger partial charge in [-0.1, -0.05) is 13.8 Å². The van der Waals surface area contributed by atoms with Crippen LogP contribution >= 0.6 is 0 Å². The van der Waals surface area contributed by atoms with Gasteiger partial charge in [0.15, 0.2) is 0 Å². The van der Waals surface area contributed by atoms with Gasteiger partial charge in [0.05, 0.1) is 12.4 Å². The second kappa shape index (κ2) is 6.80. The molecule has 0 fully saturated rings. The number of nitrogens with one attached hydrogen (secondary N) is 1. The summed E-state index contributed by atoms with van der Waals surface area (Å²) in [6.07, 6.45) is 2.92. The molecule has 1 aromatic heterocycles. The summed E-state index contributed by atoms with van der Waals surface area (Å²) in [6, 6.07) is 0. The van der Waals surface area contributed by atoms with Crippen molar-refractivity contribution < 1.29 is 4.74 Å². The summed E-state index contributed by atoms with van der Waals surface area (Å²) < 4.78 is 5.45. The van der Waals surface area contributed by atoms with E-state index in [0.717, 1.165) is 19.6 Å². The van der Waals surface area contributed by atoms with E-state index < -0.39 is 0 Å². The monoisotopic (exact) mass is 237 g/mol. The molecular formula is C11H19N5O. The van der Waals surface area contributed by atoms with Crippen molar-refractivity contribution in [2.75, 3.05) is 26.2 Å². The molecule has 3 N–H and O–H groups in total. The zero-order valence-corrected chi connectivity index (χ0v) is 10.3. The van der Waals surface area contributed by atoms with Crippen LogP contribution in [0.25, 0.3) is 0 Å². The van der Waals surface area contributed by atoms with Crippen molar-refractivity contribution >= 4 is 5.84 Å². The minimum atomic E-state index is -0.0906. The van der Waals surface area contributed by atoms with Crippen molar-refractivity contribution in [1.82, 2.24) is 14.9 Å². The second-order valence-corrected chi connectivity index (χ2v) is 3.53. The van der Waals surface area contributed by atoms with Crippen LogP contribution in [0.15, 0.2) is 12.4 Å². The predicted molar refractivity (Wildman–Crippen MR) is 66.3 cm³/mol. The van der Waals surface area contributed by atoms with Gasteiger partial charge in [-0.05, 0) is 13.1 Å². The van der Waals surface area contributed by atoms with Crippen LogP contribution < -0.4 is 10.5 Å². The molecule has 17 heavy (non-hydrogen) atoms. The molecule has 94 valence electrons. The fraction of sp³-hybridized carbons (Fsp3) is 0.545. The van der Waals surface area contributed by atoms with E-state index >= 15 is 0 Å². The highest BCUT2D eigenvalue weighted by Gasteiger charge is 2.02. The number of nitrogen functional groups attached to an aromatic ring is 1. The van der Waals surface area contributed by atoms with Crippen molar-refractivity contribution in [2.45, 2.75) is 13.8 Å². The highest BCUT2D eigenvalue weighted by molar-refractivity contribution is 5.92. The highest BCUT2D eigenvalue weighted by atomic mass is 16.5. The Bertz CT molecular complexity index is 347. The van der Waals surface area contributed by atoms with E-state index in [-0.39, 0.29) is 5.84 Å². The van der Waals surface area contributed by atoms with Crippen LogP contribution in [0.4, 0.5) is 0 Å². The summed E-state index contributed by atoms with van der Waals surface area (Å²) in [7, 11) is 0. The molecule has 0 aliphatic heterocycles. The number of hydrogen-bond acceptors (Lipinski definition) is 5. The first-order valence-corrected chi connectivity index (χ1v) is 5.69. The smallest absolute Gasteiger partial charge is 0.232 e. The molecule has 0 amide bonds. The summed E-state index contributed by atoms with van der Waals surface area (Å²) >= 11 is 0. The molecule has 0 unspecified atom stereocenters. The van der Waals surface area contributed by atoms with Crippen molar-refractivity contribution in [3.05, 3.63) is 18.1 Å². The summed E-state index contributed by atoms with van der Waals surface area (Å²) in [5.74, 6) is 0.370. The molecule has 0 aliphatic rings. The lowest BCUT2D eigenvalue weighted by Gasteiger charge is -2.17. The molecule has 0 saturated carbocycles. The van der Waals surface area contributed by atoms with Crippen LogP contribution in [0.1, 0.15) is 19.5 Å². The molecule has 0 atom stereocenters. The number of aromatic nitrogens is 2. The Balaban J connectivity index is 2.39. The number of amidine groups is 1. The average molecular weight is 237 g/mol. The Hall–Kier alpha value is -1.69. The molecule has 0 radical (unpaired) electrons. The first kappa shape index (κ1) is 13.4. The first-order valence-electron chi connectivity index (χ1n) is 5.69. The van der Waals surface area contributed by atoms with E-state index in [4.69, 9.17) is 15.9 Å². The van der Waals surface area contributed by atoms with Gasteiger partial charge in [-0.25, -0.2) is 9.97 Å². The van der Waals surface area contributed by atoms with E-state index in [9.17, 15) is 0 Å². The minimum absolute atomic E-state index is 0.0906. The Labute approximate surface area is 101 Å². The normalized spacial score (nSPS) is 10.5. The Morgan fingerprint density at radius 2 is 2.06 bits per heavy atom. The molecule has 1 rings (SSSR count). The van der Waals surface area contributed by atoms with E-state index in [0.29, 0.717) is 18.2 Å². The molecule has 6 heteroatoms. The van der Waals surface area contributed by atoms with Crippen LogP contribution in [-0.2, 0) is 0 Å². The highest BCUT2D eigenvalue weighted by Crippen LogP contribution is 2.03. The van der Waals surface area contributed by atoms with Crippen LogP contribution in [0, 0.1) is 5.41 Å². The summed E-state index contributed by atoms with van der Waals surface area (Å²) in [4.78, 5) is 10.3. The Morgan fingerprint density at radius 3 is 2.53 bits per heavy atom. The van der Waals surface area contributed by atoms with Crippen LogP contribution in [-0.4, -0.2) is 46.9 Å². The number of ether oxygens (including phenoxy) is 1. The zero-order valence-electron chi connectivity index (χ0n) is 10.3. The fourth-order valence-corrected chi connectivity index (χ4v) is 1.35. The molecule has 0 aromatic carbocycles. The number of hydrogen-bond donors (Lipinski definition) is 2. The zero-order chi connectivity index (χ0) is 12.7. The quantitative estimate of drug-likeness (QED) is 0.532. The van der Waals surface area contributed by atoms with E-state index in [1.165, 1.54) is 12.4 Å². The van der Waals surface area contributed by atoms with Gasteiger partial charge in [-0.2, -0.15) is 0 Å². The number of rotatable bonds is 7. The van der Waals surface area contributed by atoms with Crippen molar-refractivity contribution in [3.63, 3.8) is 0 Å². The summed E-state index contributed by atoms with van der Waals surface area (Å²) in [6.45, 7) is 7.69. The van der Waals surface area contributed by atoms with Gasteiger partial charge >= 0.3 is 0 Å². The maximum atomic E-state index is 7.18. The van der Waals surface area contributed by atoms with Gasteiger partial charge in [0.2, 0.25) is 5.88 Å². The summed E-state index contributed by atoms with van der Waals surface area (Å²) in [5.41, 5.74) is 5.64. The van der Waals surface area contributed by atoms with Crippen molar-refractivity contribution in [2.24, 2.45) is 5.73 Å². The van der Waals surface area contributed by atoms with Gasteiger partial charge in [0, 0.05) is 6.54 Å². The van der Waals surface area contributed by atoms with E-state index in [2.05, 4.69) is 28.7 Å².